The number of aryl methyl sites for hydroxylation is 3. The first-order valence-corrected chi connectivity index (χ1v) is 21.5. The minimum atomic E-state index is -0.547. The van der Waals surface area contributed by atoms with Crippen LogP contribution in [0.4, 0.5) is 37.4 Å². The second kappa shape index (κ2) is 19.1. The SMILES string of the molecule is Cc1ccc(F)c(C(=O)Nc2ccc(C)c(Nc3nc(-c4cccnc4)cs3)c2)c1.Cc1ccc(NC(=O)c2ccc(C(C)(C)C)cc2)cc1Nc1nc(-c2cccnc2)cs1. The van der Waals surface area contributed by atoms with Crippen LogP contribution < -0.4 is 21.3 Å². The number of aromatic nitrogens is 4. The minimum Gasteiger partial charge on any atom is -0.331 e. The highest BCUT2D eigenvalue weighted by molar-refractivity contribution is 7.14. The summed E-state index contributed by atoms with van der Waals surface area (Å²) in [4.78, 5) is 42.8. The number of rotatable bonds is 10. The second-order valence-electron chi connectivity index (χ2n) is 15.6. The maximum Gasteiger partial charge on any atom is 0.258 e. The first-order chi connectivity index (χ1) is 29.8. The van der Waals surface area contributed by atoms with Crippen LogP contribution >= 0.6 is 22.7 Å². The molecule has 312 valence electrons. The lowest BCUT2D eigenvalue weighted by Gasteiger charge is -2.19. The van der Waals surface area contributed by atoms with Crippen molar-refractivity contribution in [2.45, 2.75) is 47.0 Å². The van der Waals surface area contributed by atoms with E-state index in [1.54, 1.807) is 36.9 Å². The third-order valence-electron chi connectivity index (χ3n) is 9.78. The van der Waals surface area contributed by atoms with Crippen LogP contribution in [0.25, 0.3) is 22.5 Å². The Labute approximate surface area is 368 Å². The van der Waals surface area contributed by atoms with E-state index in [-0.39, 0.29) is 16.9 Å². The summed E-state index contributed by atoms with van der Waals surface area (Å²) < 4.78 is 14.0. The van der Waals surface area contributed by atoms with E-state index in [4.69, 9.17) is 0 Å². The number of hydrogen-bond donors (Lipinski definition) is 4. The Balaban J connectivity index is 0.000000187. The van der Waals surface area contributed by atoms with Gasteiger partial charge in [0.15, 0.2) is 10.3 Å². The summed E-state index contributed by atoms with van der Waals surface area (Å²) >= 11 is 3.01. The molecule has 0 spiro atoms. The number of amides is 2. The molecule has 2 amide bonds. The summed E-state index contributed by atoms with van der Waals surface area (Å²) in [7, 11) is 0. The molecule has 0 aliphatic rings. The fourth-order valence-electron chi connectivity index (χ4n) is 6.19. The van der Waals surface area contributed by atoms with Crippen molar-refractivity contribution in [3.63, 3.8) is 0 Å². The van der Waals surface area contributed by atoms with E-state index in [1.807, 2.05) is 110 Å². The molecule has 4 aromatic heterocycles. The van der Waals surface area contributed by atoms with Gasteiger partial charge in [0, 0.05) is 75.0 Å². The van der Waals surface area contributed by atoms with Crippen molar-refractivity contribution in [3.05, 3.63) is 178 Å². The Morgan fingerprint density at radius 2 is 1.13 bits per heavy atom. The monoisotopic (exact) mass is 860 g/mol. The van der Waals surface area contributed by atoms with Crippen molar-refractivity contribution < 1.29 is 14.0 Å². The van der Waals surface area contributed by atoms with Crippen LogP contribution in [-0.4, -0.2) is 31.8 Å². The van der Waals surface area contributed by atoms with Gasteiger partial charge in [0.1, 0.15) is 5.82 Å². The van der Waals surface area contributed by atoms with Gasteiger partial charge < -0.3 is 21.3 Å². The van der Waals surface area contributed by atoms with Gasteiger partial charge in [-0.15, -0.1) is 22.7 Å². The molecular weight excluding hydrogens is 816 g/mol. The lowest BCUT2D eigenvalue weighted by molar-refractivity contribution is 0.101. The summed E-state index contributed by atoms with van der Waals surface area (Å²) in [5.41, 5.74) is 11.4. The molecule has 13 heteroatoms. The molecule has 0 radical (unpaired) electrons. The smallest absolute Gasteiger partial charge is 0.258 e. The topological polar surface area (TPSA) is 134 Å². The quantitative estimate of drug-likeness (QED) is 0.107. The molecule has 0 saturated heterocycles. The van der Waals surface area contributed by atoms with Gasteiger partial charge in [-0.05, 0) is 116 Å². The average molecular weight is 861 g/mol. The van der Waals surface area contributed by atoms with Crippen LogP contribution in [0.15, 0.2) is 139 Å². The highest BCUT2D eigenvalue weighted by Crippen LogP contribution is 2.32. The van der Waals surface area contributed by atoms with E-state index >= 15 is 0 Å². The van der Waals surface area contributed by atoms with Crippen LogP contribution in [0, 0.1) is 26.6 Å². The molecule has 62 heavy (non-hydrogen) atoms. The first-order valence-electron chi connectivity index (χ1n) is 19.8. The van der Waals surface area contributed by atoms with E-state index in [0.29, 0.717) is 11.3 Å². The Bertz CT molecular complexity index is 2820. The number of carbonyl (C=O) groups is 2. The number of nitrogens with one attached hydrogen (secondary N) is 4. The van der Waals surface area contributed by atoms with E-state index in [2.05, 4.69) is 62.0 Å². The summed E-state index contributed by atoms with van der Waals surface area (Å²) in [6, 6.07) is 31.3. The summed E-state index contributed by atoms with van der Waals surface area (Å²) in [6.07, 6.45) is 7.04. The molecule has 4 aromatic carbocycles. The number of thiazole rings is 2. The van der Waals surface area contributed by atoms with E-state index < -0.39 is 11.7 Å². The molecular formula is C49H45FN8O2S2. The van der Waals surface area contributed by atoms with Crippen molar-refractivity contribution in [2.75, 3.05) is 21.3 Å². The number of halogens is 1. The normalized spacial score (nSPS) is 11.0. The third kappa shape index (κ3) is 11.0. The van der Waals surface area contributed by atoms with E-state index in [9.17, 15) is 14.0 Å². The maximum absolute atomic E-state index is 14.0. The van der Waals surface area contributed by atoms with Crippen molar-refractivity contribution in [2.24, 2.45) is 0 Å². The molecule has 4 N–H and O–H groups in total. The molecule has 0 aliphatic heterocycles. The zero-order valence-corrected chi connectivity index (χ0v) is 36.7. The van der Waals surface area contributed by atoms with Gasteiger partial charge in [0.25, 0.3) is 11.8 Å². The number of benzene rings is 4. The molecule has 0 aliphatic carbocycles. The van der Waals surface area contributed by atoms with Crippen molar-refractivity contribution in [3.8, 4) is 22.5 Å². The molecule has 8 rings (SSSR count). The van der Waals surface area contributed by atoms with Crippen LogP contribution in [0.5, 0.6) is 0 Å². The third-order valence-corrected chi connectivity index (χ3v) is 11.3. The Kier molecular flexibility index (Phi) is 13.2. The lowest BCUT2D eigenvalue weighted by atomic mass is 9.87. The predicted octanol–water partition coefficient (Wildman–Crippen LogP) is 12.8. The van der Waals surface area contributed by atoms with Crippen LogP contribution in [-0.2, 0) is 5.41 Å². The number of carbonyl (C=O) groups excluding carboxylic acids is 2. The Morgan fingerprint density at radius 3 is 1.61 bits per heavy atom. The Morgan fingerprint density at radius 1 is 0.613 bits per heavy atom. The van der Waals surface area contributed by atoms with E-state index in [0.717, 1.165) is 66.5 Å². The molecule has 0 saturated carbocycles. The van der Waals surface area contributed by atoms with Gasteiger partial charge in [-0.25, -0.2) is 14.4 Å². The average Bonchev–Trinajstić information content (AvgIpc) is 3.95. The molecule has 8 aromatic rings. The number of anilines is 6. The molecule has 10 nitrogen and oxygen atoms in total. The van der Waals surface area contributed by atoms with Crippen LogP contribution in [0.3, 0.4) is 0 Å². The number of pyridine rings is 2. The van der Waals surface area contributed by atoms with Gasteiger partial charge in [-0.1, -0.05) is 56.7 Å². The van der Waals surface area contributed by atoms with Crippen LogP contribution in [0.2, 0.25) is 0 Å². The zero-order chi connectivity index (χ0) is 43.8. The predicted molar refractivity (Wildman–Crippen MR) is 252 cm³/mol. The van der Waals surface area contributed by atoms with Crippen molar-refractivity contribution in [1.82, 2.24) is 19.9 Å². The number of hydrogen-bond acceptors (Lipinski definition) is 10. The molecule has 0 unspecified atom stereocenters. The number of nitrogens with zero attached hydrogens (tertiary/aromatic N) is 4. The van der Waals surface area contributed by atoms with Crippen molar-refractivity contribution >= 4 is 67.5 Å². The highest BCUT2D eigenvalue weighted by Gasteiger charge is 2.16. The molecule has 4 heterocycles. The highest BCUT2D eigenvalue weighted by atomic mass is 32.1. The Hall–Kier alpha value is -7.09. The largest absolute Gasteiger partial charge is 0.331 e. The van der Waals surface area contributed by atoms with Gasteiger partial charge in [0.05, 0.1) is 17.0 Å². The summed E-state index contributed by atoms with van der Waals surface area (Å²) in [5.74, 6) is -1.17. The standard InChI is InChI=1S/C26H26N4OS.C23H19FN4OS/c1-17-7-12-21(28-24(31)18-8-10-20(11-9-18)26(2,3)4)14-22(17)29-25-30-23(16-32-25)19-6-5-13-27-15-19;1-14-5-8-19(24)18(10-14)22(29)26-17-7-6-15(2)20(11-17)27-23-28-21(13-30-23)16-4-3-9-25-12-16/h5-16H,1-4H3,(H,28,31)(H,29,30);3-13H,1-2H3,(H,26,29)(H,27,28). The summed E-state index contributed by atoms with van der Waals surface area (Å²) in [5, 5.41) is 17.9. The fourth-order valence-corrected chi connectivity index (χ4v) is 7.66. The second-order valence-corrected chi connectivity index (χ2v) is 17.3. The molecule has 0 bridgehead atoms. The lowest BCUT2D eigenvalue weighted by Crippen LogP contribution is -2.14. The summed E-state index contributed by atoms with van der Waals surface area (Å²) in [6.45, 7) is 12.3. The fraction of sp³-hybridized carbons (Fsp3) is 0.143. The van der Waals surface area contributed by atoms with Gasteiger partial charge >= 0.3 is 0 Å². The zero-order valence-electron chi connectivity index (χ0n) is 35.1. The van der Waals surface area contributed by atoms with Gasteiger partial charge in [-0.3, -0.25) is 19.6 Å². The molecule has 0 fully saturated rings. The maximum atomic E-state index is 14.0. The molecule has 0 atom stereocenters. The van der Waals surface area contributed by atoms with Crippen LogP contribution in [0.1, 0.15) is 63.7 Å². The van der Waals surface area contributed by atoms with Gasteiger partial charge in [-0.2, -0.15) is 0 Å². The minimum absolute atomic E-state index is 0.0196. The first kappa shape index (κ1) is 43.0. The van der Waals surface area contributed by atoms with Gasteiger partial charge in [0.2, 0.25) is 0 Å². The van der Waals surface area contributed by atoms with Crippen molar-refractivity contribution in [1.29, 1.82) is 0 Å². The van der Waals surface area contributed by atoms with E-state index in [1.165, 1.54) is 40.4 Å².